The highest BCUT2D eigenvalue weighted by atomic mass is 35.5. The lowest BCUT2D eigenvalue weighted by atomic mass is 9.82. The van der Waals surface area contributed by atoms with Gasteiger partial charge in [-0.05, 0) is 24.6 Å². The molecule has 0 aliphatic carbocycles. The molecule has 2 atom stereocenters. The third kappa shape index (κ3) is 3.15. The van der Waals surface area contributed by atoms with Gasteiger partial charge in [0.1, 0.15) is 5.82 Å². The Balaban J connectivity index is 2.36. The van der Waals surface area contributed by atoms with Crippen LogP contribution in [0.5, 0.6) is 0 Å². The number of nitrogens with two attached hydrogens (primary N) is 1. The smallest absolute Gasteiger partial charge is 0.338 e. The predicted molar refractivity (Wildman–Crippen MR) is 105 cm³/mol. The van der Waals surface area contributed by atoms with Crippen LogP contribution in [0.2, 0.25) is 10.0 Å². The number of fused-ring (bicyclic) bond motifs is 1. The number of hydrogen-bond acceptors (Lipinski definition) is 7. The monoisotopic (exact) mass is 442 g/mol. The molecular formula is C18H16Cl2N2O5S. The molecule has 1 saturated heterocycles. The Labute approximate surface area is 175 Å². The molecule has 2 heterocycles. The third-order valence-corrected chi connectivity index (χ3v) is 6.21. The van der Waals surface area contributed by atoms with E-state index in [9.17, 15) is 14.4 Å². The molecule has 1 aromatic carbocycles. The predicted octanol–water partition coefficient (Wildman–Crippen LogP) is 2.78. The van der Waals surface area contributed by atoms with E-state index in [2.05, 4.69) is 0 Å². The summed E-state index contributed by atoms with van der Waals surface area (Å²) in [6.07, 6.45) is 0. The van der Waals surface area contributed by atoms with Crippen LogP contribution >= 0.6 is 35.0 Å². The van der Waals surface area contributed by atoms with E-state index in [1.54, 1.807) is 19.1 Å². The number of thioether (sulfide) groups is 1. The quantitative estimate of drug-likeness (QED) is 0.718. The zero-order valence-electron chi connectivity index (χ0n) is 15.1. The van der Waals surface area contributed by atoms with E-state index in [1.165, 1.54) is 20.3 Å². The first-order valence-electron chi connectivity index (χ1n) is 8.08. The Morgan fingerprint density at radius 3 is 2.32 bits per heavy atom. The average molecular weight is 443 g/mol. The molecule has 2 aliphatic rings. The van der Waals surface area contributed by atoms with E-state index in [1.807, 2.05) is 0 Å². The highest BCUT2D eigenvalue weighted by Gasteiger charge is 2.49. The van der Waals surface area contributed by atoms with Gasteiger partial charge in [0.05, 0.1) is 41.6 Å². The first-order valence-corrected chi connectivity index (χ1v) is 9.72. The van der Waals surface area contributed by atoms with Crippen LogP contribution in [0.1, 0.15) is 18.4 Å². The largest absolute Gasteiger partial charge is 0.466 e. The zero-order chi connectivity index (χ0) is 20.7. The molecule has 0 unspecified atom stereocenters. The molecule has 0 aromatic heterocycles. The number of benzene rings is 1. The Kier molecular flexibility index (Phi) is 5.65. The second-order valence-electron chi connectivity index (χ2n) is 6.03. The minimum atomic E-state index is -0.985. The highest BCUT2D eigenvalue weighted by Crippen LogP contribution is 2.50. The van der Waals surface area contributed by atoms with E-state index in [0.29, 0.717) is 15.6 Å². The van der Waals surface area contributed by atoms with Crippen molar-refractivity contribution in [1.29, 1.82) is 0 Å². The standard InChI is InChI=1S/C18H16Cl2N2O5S/c1-7-15(23)22-14(21)12(17(24)26-2)11(9-5-4-8(19)6-10(9)20)13(16(22)28-7)18(25)27-3/h4-7,11H,21H2,1-3H3/t7-,11+/m0/s1. The Hall–Kier alpha value is -2.16. The van der Waals surface area contributed by atoms with Gasteiger partial charge in [-0.15, -0.1) is 0 Å². The topological polar surface area (TPSA) is 98.9 Å². The Morgan fingerprint density at radius 2 is 1.75 bits per heavy atom. The number of carbonyl (C=O) groups is 3. The number of methoxy groups -OCH3 is 2. The van der Waals surface area contributed by atoms with Crippen LogP contribution in [0.3, 0.4) is 0 Å². The van der Waals surface area contributed by atoms with Gasteiger partial charge in [0.2, 0.25) is 5.91 Å². The van der Waals surface area contributed by atoms with Crippen molar-refractivity contribution in [3.63, 3.8) is 0 Å². The first kappa shape index (κ1) is 20.6. The van der Waals surface area contributed by atoms with Gasteiger partial charge in [-0.3, -0.25) is 9.69 Å². The number of rotatable bonds is 3. The van der Waals surface area contributed by atoms with Gasteiger partial charge in [-0.2, -0.15) is 0 Å². The molecule has 0 bridgehead atoms. The fourth-order valence-corrected chi connectivity index (χ4v) is 4.88. The van der Waals surface area contributed by atoms with Gasteiger partial charge >= 0.3 is 11.9 Å². The molecular weight excluding hydrogens is 427 g/mol. The van der Waals surface area contributed by atoms with Gasteiger partial charge in [-0.25, -0.2) is 9.59 Å². The molecule has 0 saturated carbocycles. The van der Waals surface area contributed by atoms with Crippen LogP contribution < -0.4 is 5.73 Å². The highest BCUT2D eigenvalue weighted by molar-refractivity contribution is 8.04. The molecule has 7 nitrogen and oxygen atoms in total. The first-order chi connectivity index (χ1) is 13.2. The van der Waals surface area contributed by atoms with Crippen LogP contribution in [0.15, 0.2) is 40.2 Å². The summed E-state index contributed by atoms with van der Waals surface area (Å²) in [5.74, 6) is -2.93. The number of amides is 1. The summed E-state index contributed by atoms with van der Waals surface area (Å²) >= 11 is 13.5. The van der Waals surface area contributed by atoms with Gasteiger partial charge in [0.25, 0.3) is 0 Å². The number of esters is 2. The van der Waals surface area contributed by atoms with Crippen molar-refractivity contribution in [1.82, 2.24) is 4.90 Å². The van der Waals surface area contributed by atoms with Crippen LogP contribution in [0.4, 0.5) is 0 Å². The van der Waals surface area contributed by atoms with Gasteiger partial charge < -0.3 is 15.2 Å². The van der Waals surface area contributed by atoms with E-state index >= 15 is 0 Å². The van der Waals surface area contributed by atoms with Crippen LogP contribution in [-0.4, -0.2) is 42.2 Å². The second kappa shape index (κ2) is 7.69. The van der Waals surface area contributed by atoms with Gasteiger partial charge in [0, 0.05) is 10.0 Å². The minimum Gasteiger partial charge on any atom is -0.466 e. The molecule has 10 heteroatoms. The molecule has 28 heavy (non-hydrogen) atoms. The van der Waals surface area contributed by atoms with Crippen LogP contribution in [-0.2, 0) is 23.9 Å². The zero-order valence-corrected chi connectivity index (χ0v) is 17.4. The maximum Gasteiger partial charge on any atom is 0.338 e. The van der Waals surface area contributed by atoms with E-state index in [-0.39, 0.29) is 27.9 Å². The lowest BCUT2D eigenvalue weighted by Gasteiger charge is -2.33. The van der Waals surface area contributed by atoms with E-state index in [4.69, 9.17) is 38.4 Å². The normalized spacial score (nSPS) is 21.8. The SMILES string of the molecule is COC(=O)C1=C(N)N2C(=O)[C@H](C)SC2=C(C(=O)OC)[C@@H]1c1ccc(Cl)cc1Cl. The summed E-state index contributed by atoms with van der Waals surface area (Å²) in [6, 6.07) is 4.66. The van der Waals surface area contributed by atoms with Crippen molar-refractivity contribution in [2.75, 3.05) is 14.2 Å². The van der Waals surface area contributed by atoms with Crippen molar-refractivity contribution in [3.05, 3.63) is 55.8 Å². The molecule has 1 aromatic rings. The lowest BCUT2D eigenvalue weighted by molar-refractivity contribution is -0.137. The van der Waals surface area contributed by atoms with Crippen molar-refractivity contribution in [2.24, 2.45) is 5.73 Å². The summed E-state index contributed by atoms with van der Waals surface area (Å²) in [5.41, 5.74) is 6.65. The molecule has 148 valence electrons. The number of nitrogens with zero attached hydrogens (tertiary/aromatic N) is 1. The summed E-state index contributed by atoms with van der Waals surface area (Å²) in [7, 11) is 2.40. The lowest BCUT2D eigenvalue weighted by Crippen LogP contribution is -2.40. The number of ether oxygens (including phenoxy) is 2. The maximum absolute atomic E-state index is 12.7. The molecule has 1 fully saturated rings. The maximum atomic E-state index is 12.7. The van der Waals surface area contributed by atoms with E-state index in [0.717, 1.165) is 16.7 Å². The van der Waals surface area contributed by atoms with Gasteiger partial charge in [-0.1, -0.05) is 41.0 Å². The third-order valence-electron chi connectivity index (χ3n) is 4.47. The van der Waals surface area contributed by atoms with Gasteiger partial charge in [0.15, 0.2) is 0 Å². The fraction of sp³-hybridized carbons (Fsp3) is 0.278. The van der Waals surface area contributed by atoms with Crippen molar-refractivity contribution in [2.45, 2.75) is 18.1 Å². The number of hydrogen-bond donors (Lipinski definition) is 1. The fourth-order valence-electron chi connectivity index (χ4n) is 3.19. The second-order valence-corrected chi connectivity index (χ2v) is 8.21. The minimum absolute atomic E-state index is 0.0704. The van der Waals surface area contributed by atoms with Crippen molar-refractivity contribution < 1.29 is 23.9 Å². The average Bonchev–Trinajstić information content (AvgIpc) is 2.95. The van der Waals surface area contributed by atoms with Crippen molar-refractivity contribution in [3.8, 4) is 0 Å². The molecule has 2 aliphatic heterocycles. The molecule has 1 amide bonds. The van der Waals surface area contributed by atoms with Crippen LogP contribution in [0, 0.1) is 0 Å². The Bertz CT molecular complexity index is 959. The molecule has 0 radical (unpaired) electrons. The molecule has 2 N–H and O–H groups in total. The number of carbonyl (C=O) groups excluding carboxylic acids is 3. The van der Waals surface area contributed by atoms with E-state index < -0.39 is 23.1 Å². The molecule has 0 spiro atoms. The summed E-state index contributed by atoms with van der Waals surface area (Å²) < 4.78 is 9.83. The molecule has 3 rings (SSSR count). The van der Waals surface area contributed by atoms with Crippen LogP contribution in [0.25, 0.3) is 0 Å². The Morgan fingerprint density at radius 1 is 1.14 bits per heavy atom. The summed E-state index contributed by atoms with van der Waals surface area (Å²) in [4.78, 5) is 39.1. The number of halogens is 2. The summed E-state index contributed by atoms with van der Waals surface area (Å²) in [6.45, 7) is 1.68. The van der Waals surface area contributed by atoms with Crippen molar-refractivity contribution >= 4 is 52.8 Å². The summed E-state index contributed by atoms with van der Waals surface area (Å²) in [5, 5.41) is 0.427.